The smallest absolute Gasteiger partial charge is 0.412 e. The predicted octanol–water partition coefficient (Wildman–Crippen LogP) is 6.30. The van der Waals surface area contributed by atoms with E-state index in [1.807, 2.05) is 47.0 Å². The van der Waals surface area contributed by atoms with Gasteiger partial charge in [0.2, 0.25) is 0 Å². The number of epoxide rings is 1. The number of anilines is 2. The van der Waals surface area contributed by atoms with E-state index in [-0.39, 0.29) is 36.1 Å². The highest BCUT2D eigenvalue weighted by Crippen LogP contribution is 2.38. The van der Waals surface area contributed by atoms with Gasteiger partial charge in [-0.05, 0) is 23.7 Å². The number of ether oxygens (including phenoxy) is 3. The Kier molecular flexibility index (Phi) is 9.28. The quantitative estimate of drug-likeness (QED) is 0.269. The summed E-state index contributed by atoms with van der Waals surface area (Å²) in [5, 5.41) is 2.79. The first-order chi connectivity index (χ1) is 18.0. The van der Waals surface area contributed by atoms with Crippen molar-refractivity contribution in [2.24, 2.45) is 0 Å². The summed E-state index contributed by atoms with van der Waals surface area (Å²) in [5.74, 6) is 1.85. The molecular weight excluding hydrogens is 523 g/mol. The van der Waals surface area contributed by atoms with Crippen LogP contribution < -0.4 is 15.0 Å². The highest BCUT2D eigenvalue weighted by atomic mass is 32.2. The second-order valence-electron chi connectivity index (χ2n) is 11.2. The molecule has 0 saturated carbocycles. The van der Waals surface area contributed by atoms with E-state index in [9.17, 15) is 4.79 Å². The molecule has 38 heavy (non-hydrogen) atoms. The van der Waals surface area contributed by atoms with Crippen LogP contribution in [0.25, 0.3) is 0 Å². The summed E-state index contributed by atoms with van der Waals surface area (Å²) in [6.45, 7) is 13.5. The number of benzene rings is 2. The number of hydrogen-bond acceptors (Lipinski definition) is 7. The maximum absolute atomic E-state index is 15.2. The van der Waals surface area contributed by atoms with Crippen molar-refractivity contribution in [3.63, 3.8) is 0 Å². The molecule has 0 aromatic heterocycles. The fraction of sp³-hybridized carbons (Fsp3) is 0.536. The Morgan fingerprint density at radius 3 is 2.50 bits per heavy atom. The van der Waals surface area contributed by atoms with E-state index in [1.54, 1.807) is 6.07 Å². The van der Waals surface area contributed by atoms with Crippen molar-refractivity contribution in [3.8, 4) is 5.75 Å². The van der Waals surface area contributed by atoms with Crippen LogP contribution in [-0.2, 0) is 20.5 Å². The predicted molar refractivity (Wildman–Crippen MR) is 153 cm³/mol. The monoisotopic (exact) mass is 562 g/mol. The molecule has 7 nitrogen and oxygen atoms in total. The van der Waals surface area contributed by atoms with Gasteiger partial charge in [-0.15, -0.1) is 0 Å². The molecule has 208 valence electrons. The van der Waals surface area contributed by atoms with Crippen molar-refractivity contribution in [3.05, 3.63) is 53.8 Å². The number of carbonyl (C=O) groups excluding carboxylic acids is 1. The summed E-state index contributed by atoms with van der Waals surface area (Å²) in [6.07, 6.45) is -0.823. The minimum Gasteiger partial charge on any atom is -0.489 e. The molecule has 4 rings (SSSR count). The average molecular weight is 563 g/mol. The molecule has 2 atom stereocenters. The first-order valence-corrected chi connectivity index (χ1v) is 17.2. The zero-order valence-electron chi connectivity index (χ0n) is 22.9. The van der Waals surface area contributed by atoms with Crippen molar-refractivity contribution in [2.45, 2.75) is 57.7 Å². The number of nitrogens with zero attached hydrogens (tertiary/aromatic N) is 1. The number of amides is 1. The van der Waals surface area contributed by atoms with Crippen LogP contribution in [0.15, 0.2) is 42.5 Å². The van der Waals surface area contributed by atoms with Crippen LogP contribution in [0.2, 0.25) is 18.1 Å². The molecule has 2 fully saturated rings. The molecule has 2 aromatic carbocycles. The zero-order valence-corrected chi connectivity index (χ0v) is 24.7. The fourth-order valence-electron chi connectivity index (χ4n) is 3.83. The molecule has 2 aliphatic heterocycles. The largest absolute Gasteiger partial charge is 0.489 e. The lowest BCUT2D eigenvalue weighted by Gasteiger charge is -2.36. The van der Waals surface area contributed by atoms with Gasteiger partial charge in [0.1, 0.15) is 37.0 Å². The number of rotatable bonds is 10. The van der Waals surface area contributed by atoms with Gasteiger partial charge in [0, 0.05) is 36.7 Å². The van der Waals surface area contributed by atoms with Gasteiger partial charge >= 0.3 is 6.09 Å². The Morgan fingerprint density at radius 2 is 1.82 bits per heavy atom. The van der Waals surface area contributed by atoms with E-state index in [0.717, 1.165) is 30.2 Å². The highest BCUT2D eigenvalue weighted by Gasteiger charge is 2.44. The van der Waals surface area contributed by atoms with Crippen LogP contribution in [-0.4, -0.2) is 64.4 Å². The van der Waals surface area contributed by atoms with Crippen LogP contribution in [0.1, 0.15) is 26.3 Å². The maximum atomic E-state index is 15.2. The topological polar surface area (TPSA) is 72.6 Å². The maximum Gasteiger partial charge on any atom is 0.412 e. The van der Waals surface area contributed by atoms with Crippen molar-refractivity contribution in [1.29, 1.82) is 0 Å². The first kappa shape index (κ1) is 28.7. The fourth-order valence-corrected chi connectivity index (χ4v) is 5.74. The van der Waals surface area contributed by atoms with Gasteiger partial charge in [-0.2, -0.15) is 11.8 Å². The molecule has 1 N–H and O–H groups in total. The van der Waals surface area contributed by atoms with Crippen LogP contribution >= 0.6 is 11.8 Å². The number of nitrogens with one attached hydrogen (secondary N) is 1. The van der Waals surface area contributed by atoms with Crippen molar-refractivity contribution in [1.82, 2.24) is 0 Å². The Labute approximate surface area is 230 Å². The molecule has 2 aromatic rings. The van der Waals surface area contributed by atoms with E-state index in [4.69, 9.17) is 18.6 Å². The van der Waals surface area contributed by atoms with Crippen LogP contribution in [0.3, 0.4) is 0 Å². The summed E-state index contributed by atoms with van der Waals surface area (Å²) in [5.41, 5.74) is 1.56. The first-order valence-electron chi connectivity index (χ1n) is 13.1. The minimum absolute atomic E-state index is 0.0320. The second-order valence-corrected chi connectivity index (χ2v) is 17.2. The van der Waals surface area contributed by atoms with Gasteiger partial charge in [0.25, 0.3) is 0 Å². The third kappa shape index (κ3) is 7.65. The average Bonchev–Trinajstić information content (AvgIpc) is 3.65. The van der Waals surface area contributed by atoms with E-state index in [0.29, 0.717) is 18.0 Å². The zero-order chi connectivity index (χ0) is 27.3. The van der Waals surface area contributed by atoms with Gasteiger partial charge in [-0.25, -0.2) is 9.18 Å². The number of thioether (sulfide) groups is 1. The molecule has 0 spiro atoms. The molecule has 2 heterocycles. The van der Waals surface area contributed by atoms with E-state index >= 15 is 4.39 Å². The van der Waals surface area contributed by atoms with Gasteiger partial charge in [0.05, 0.1) is 18.0 Å². The summed E-state index contributed by atoms with van der Waals surface area (Å²) >= 11 is 1.85. The molecule has 1 amide bonds. The van der Waals surface area contributed by atoms with E-state index in [2.05, 4.69) is 39.2 Å². The number of carbonyl (C=O) groups is 1. The molecule has 2 saturated heterocycles. The molecular formula is C28H39FN2O5SSi. The van der Waals surface area contributed by atoms with Gasteiger partial charge in [-0.3, -0.25) is 5.32 Å². The van der Waals surface area contributed by atoms with Crippen LogP contribution in [0.4, 0.5) is 20.6 Å². The molecule has 0 unspecified atom stereocenters. The molecule has 0 aliphatic carbocycles. The van der Waals surface area contributed by atoms with Crippen LogP contribution in [0, 0.1) is 5.82 Å². The molecule has 0 bridgehead atoms. The minimum atomic E-state index is -1.87. The SMILES string of the molecule is CC(C)(C)[Si](C)(C)OC[C@@H]1O[C@@H]1COc1cc(N2CCSCC2)c(F)cc1NC(=O)OCc1ccccc1. The van der Waals surface area contributed by atoms with Crippen molar-refractivity contribution in [2.75, 3.05) is 48.0 Å². The normalized spacial score (nSPS) is 19.7. The summed E-state index contributed by atoms with van der Waals surface area (Å²) in [4.78, 5) is 14.6. The number of halogens is 1. The standard InChI is InChI=1S/C28H39FN2O5SSi/c1-28(2,3)38(4,5)35-19-26-25(36-26)18-33-24-16-23(31-11-13-37-14-12-31)21(29)15-22(24)30-27(32)34-17-20-9-7-6-8-10-20/h6-10,15-16,25-26H,11-14,17-19H2,1-5H3,(H,30,32)/t25-,26+/m1/s1. The van der Waals surface area contributed by atoms with Crippen molar-refractivity contribution < 1.29 is 27.8 Å². The third-order valence-electron chi connectivity index (χ3n) is 7.36. The Balaban J connectivity index is 1.40. The summed E-state index contributed by atoms with van der Waals surface area (Å²) in [6, 6.07) is 12.4. The Hall–Kier alpha value is -2.27. The van der Waals surface area contributed by atoms with E-state index in [1.165, 1.54) is 6.07 Å². The molecule has 2 aliphatic rings. The molecule has 10 heteroatoms. The highest BCUT2D eigenvalue weighted by molar-refractivity contribution is 7.99. The summed E-state index contributed by atoms with van der Waals surface area (Å²) < 4.78 is 38.7. The van der Waals surface area contributed by atoms with Gasteiger partial charge in [-0.1, -0.05) is 51.1 Å². The Morgan fingerprint density at radius 1 is 1.13 bits per heavy atom. The van der Waals surface area contributed by atoms with Crippen molar-refractivity contribution >= 4 is 37.5 Å². The van der Waals surface area contributed by atoms with Gasteiger partial charge < -0.3 is 23.5 Å². The lowest BCUT2D eigenvalue weighted by molar-refractivity contribution is 0.155. The number of hydrogen-bond donors (Lipinski definition) is 1. The third-order valence-corrected chi connectivity index (χ3v) is 12.8. The lowest BCUT2D eigenvalue weighted by Crippen LogP contribution is -2.41. The second kappa shape index (κ2) is 12.3. The van der Waals surface area contributed by atoms with E-state index < -0.39 is 20.2 Å². The van der Waals surface area contributed by atoms with Crippen LogP contribution in [0.5, 0.6) is 5.75 Å². The lowest BCUT2D eigenvalue weighted by atomic mass is 10.2. The Bertz CT molecular complexity index is 1090. The molecule has 0 radical (unpaired) electrons. The summed E-state index contributed by atoms with van der Waals surface area (Å²) in [7, 11) is -1.87. The van der Waals surface area contributed by atoms with Gasteiger partial charge in [0.15, 0.2) is 8.32 Å².